The van der Waals surface area contributed by atoms with Gasteiger partial charge in [0.15, 0.2) is 0 Å². The van der Waals surface area contributed by atoms with Crippen LogP contribution in [0.1, 0.15) is 66.2 Å². The van der Waals surface area contributed by atoms with Crippen molar-refractivity contribution in [2.75, 3.05) is 0 Å². The molecule has 3 nitrogen and oxygen atoms in total. The van der Waals surface area contributed by atoms with Gasteiger partial charge in [-0.25, -0.2) is 4.79 Å². The van der Waals surface area contributed by atoms with Crippen LogP contribution in [0, 0.1) is 5.92 Å². The van der Waals surface area contributed by atoms with Gasteiger partial charge in [-0.1, -0.05) is 38.3 Å². The van der Waals surface area contributed by atoms with Crippen molar-refractivity contribution in [3.63, 3.8) is 0 Å². The van der Waals surface area contributed by atoms with E-state index in [-0.39, 0.29) is 6.09 Å². The molecule has 1 amide bonds. The van der Waals surface area contributed by atoms with Crippen molar-refractivity contribution < 1.29 is 9.53 Å². The van der Waals surface area contributed by atoms with E-state index >= 15 is 0 Å². The summed E-state index contributed by atoms with van der Waals surface area (Å²) in [4.78, 5) is 12.1. The molecule has 0 atom stereocenters. The van der Waals surface area contributed by atoms with Crippen molar-refractivity contribution in [3.05, 3.63) is 23.9 Å². The molecule has 0 aliphatic heterocycles. The van der Waals surface area contributed by atoms with Crippen LogP contribution in [0.15, 0.2) is 23.9 Å². The largest absolute Gasteiger partial charge is 0.443 e. The minimum absolute atomic E-state index is 0.349. The Labute approximate surface area is 123 Å². The first-order valence-electron chi connectivity index (χ1n) is 7.82. The van der Waals surface area contributed by atoms with Crippen molar-refractivity contribution >= 4 is 6.09 Å². The third kappa shape index (κ3) is 5.40. The average Bonchev–Trinajstić information content (AvgIpc) is 2.39. The molecule has 0 aromatic carbocycles. The first-order valence-corrected chi connectivity index (χ1v) is 7.82. The third-order valence-electron chi connectivity index (χ3n) is 3.96. The van der Waals surface area contributed by atoms with Gasteiger partial charge in [0.25, 0.3) is 0 Å². The molecule has 1 rings (SSSR count). The maximum atomic E-state index is 12.1. The minimum Gasteiger partial charge on any atom is -0.443 e. The van der Waals surface area contributed by atoms with E-state index in [9.17, 15) is 4.79 Å². The number of rotatable bonds is 5. The van der Waals surface area contributed by atoms with Gasteiger partial charge < -0.3 is 4.74 Å². The van der Waals surface area contributed by atoms with Crippen LogP contribution in [0.2, 0.25) is 0 Å². The summed E-state index contributed by atoms with van der Waals surface area (Å²) in [5, 5.41) is 2.83. The van der Waals surface area contributed by atoms with Crippen molar-refractivity contribution in [2.45, 2.75) is 71.8 Å². The van der Waals surface area contributed by atoms with Crippen molar-refractivity contribution in [1.29, 1.82) is 0 Å². The molecule has 1 saturated carbocycles. The number of allylic oxidation sites excluding steroid dienone is 3. The molecule has 114 valence electrons. The summed E-state index contributed by atoms with van der Waals surface area (Å²) in [7, 11) is 0. The number of nitrogens with one attached hydrogen (secondary N) is 1. The smallest absolute Gasteiger partial charge is 0.412 e. The molecule has 0 heterocycles. The fourth-order valence-electron chi connectivity index (χ4n) is 2.82. The summed E-state index contributed by atoms with van der Waals surface area (Å²) in [6.45, 7) is 8.04. The average molecular weight is 279 g/mol. The molecule has 0 spiro atoms. The maximum Gasteiger partial charge on any atom is 0.412 e. The Balaban J connectivity index is 2.57. The molecule has 0 bridgehead atoms. The topological polar surface area (TPSA) is 38.3 Å². The highest BCUT2D eigenvalue weighted by Gasteiger charge is 2.34. The molecule has 1 aliphatic rings. The van der Waals surface area contributed by atoms with Gasteiger partial charge in [-0.15, -0.1) is 0 Å². The quantitative estimate of drug-likeness (QED) is 0.724. The highest BCUT2D eigenvalue weighted by molar-refractivity contribution is 5.70. The summed E-state index contributed by atoms with van der Waals surface area (Å²) in [5.41, 5.74) is 0.414. The lowest BCUT2D eigenvalue weighted by molar-refractivity contribution is -0.0172. The number of hydrogen-bond acceptors (Lipinski definition) is 2. The molecule has 0 unspecified atom stereocenters. The zero-order chi connectivity index (χ0) is 15.0. The lowest BCUT2D eigenvalue weighted by atomic mass is 9.79. The molecule has 1 aliphatic carbocycles. The number of carbonyl (C=O) groups is 1. The van der Waals surface area contributed by atoms with Crippen molar-refractivity contribution in [3.8, 4) is 0 Å². The number of alkyl carbamates (subject to hydrolysis) is 1. The maximum absolute atomic E-state index is 12.1. The van der Waals surface area contributed by atoms with Crippen LogP contribution in [0.3, 0.4) is 0 Å². The van der Waals surface area contributed by atoms with Crippen molar-refractivity contribution in [2.24, 2.45) is 5.92 Å². The molecular weight excluding hydrogens is 250 g/mol. The predicted octanol–water partition coefficient (Wildman–Crippen LogP) is 4.94. The van der Waals surface area contributed by atoms with E-state index in [4.69, 9.17) is 4.74 Å². The van der Waals surface area contributed by atoms with E-state index < -0.39 is 5.60 Å². The van der Waals surface area contributed by atoms with E-state index in [0.717, 1.165) is 25.0 Å². The lowest BCUT2D eigenvalue weighted by Crippen LogP contribution is -2.40. The Hall–Kier alpha value is -1.25. The van der Waals surface area contributed by atoms with E-state index in [0.29, 0.717) is 5.92 Å². The first-order chi connectivity index (χ1) is 9.49. The van der Waals surface area contributed by atoms with E-state index in [2.05, 4.69) is 5.32 Å². The van der Waals surface area contributed by atoms with Gasteiger partial charge >= 0.3 is 6.09 Å². The molecular formula is C17H29NO2. The Morgan fingerprint density at radius 1 is 1.30 bits per heavy atom. The Morgan fingerprint density at radius 3 is 2.50 bits per heavy atom. The van der Waals surface area contributed by atoms with Crippen molar-refractivity contribution in [1.82, 2.24) is 5.32 Å². The summed E-state index contributed by atoms with van der Waals surface area (Å²) in [5.74, 6) is 0.474. The summed E-state index contributed by atoms with van der Waals surface area (Å²) in [6.07, 6.45) is 12.4. The third-order valence-corrected chi connectivity index (χ3v) is 3.96. The van der Waals surface area contributed by atoms with Gasteiger partial charge in [-0.3, -0.25) is 5.32 Å². The highest BCUT2D eigenvalue weighted by atomic mass is 16.6. The SMILES string of the molecule is C/C=C\C(=C/CC)NC(=O)OC(C)(C)C1CCCCC1. The molecule has 1 N–H and O–H groups in total. The van der Waals surface area contributed by atoms with E-state index in [1.807, 2.05) is 45.9 Å². The molecule has 3 heteroatoms. The van der Waals surface area contributed by atoms with Crippen LogP contribution >= 0.6 is 0 Å². The summed E-state index contributed by atoms with van der Waals surface area (Å²) >= 11 is 0. The number of ether oxygens (including phenoxy) is 1. The molecule has 1 fully saturated rings. The zero-order valence-corrected chi connectivity index (χ0v) is 13.4. The molecule has 0 aromatic rings. The fourth-order valence-corrected chi connectivity index (χ4v) is 2.82. The second-order valence-corrected chi connectivity index (χ2v) is 6.02. The minimum atomic E-state index is -0.391. The van der Waals surface area contributed by atoms with Crippen LogP contribution in [-0.2, 0) is 4.74 Å². The Bertz CT molecular complexity index is 363. The van der Waals surface area contributed by atoms with Crippen LogP contribution in [-0.4, -0.2) is 11.7 Å². The van der Waals surface area contributed by atoms with Crippen LogP contribution in [0.4, 0.5) is 4.79 Å². The van der Waals surface area contributed by atoms with E-state index in [1.54, 1.807) is 0 Å². The molecule has 0 saturated heterocycles. The van der Waals surface area contributed by atoms with Gasteiger partial charge in [0, 0.05) is 5.70 Å². The second kappa shape index (κ2) is 8.13. The predicted molar refractivity (Wildman–Crippen MR) is 83.5 cm³/mol. The molecule has 20 heavy (non-hydrogen) atoms. The van der Waals surface area contributed by atoms with Gasteiger partial charge in [-0.2, -0.15) is 0 Å². The number of hydrogen-bond donors (Lipinski definition) is 1. The van der Waals surface area contributed by atoms with Gasteiger partial charge in [0.05, 0.1) is 0 Å². The monoisotopic (exact) mass is 279 g/mol. The zero-order valence-electron chi connectivity index (χ0n) is 13.4. The number of amides is 1. The second-order valence-electron chi connectivity index (χ2n) is 6.02. The van der Waals surface area contributed by atoms with Crippen LogP contribution in [0.5, 0.6) is 0 Å². The van der Waals surface area contributed by atoms with Gasteiger partial charge in [0.1, 0.15) is 5.60 Å². The Kier molecular flexibility index (Phi) is 6.83. The van der Waals surface area contributed by atoms with Gasteiger partial charge in [-0.05, 0) is 52.0 Å². The van der Waals surface area contributed by atoms with Crippen LogP contribution in [0.25, 0.3) is 0 Å². The highest BCUT2D eigenvalue weighted by Crippen LogP contribution is 2.34. The Morgan fingerprint density at radius 2 is 1.95 bits per heavy atom. The van der Waals surface area contributed by atoms with Crippen LogP contribution < -0.4 is 5.32 Å². The summed E-state index contributed by atoms with van der Waals surface area (Å²) < 4.78 is 5.68. The number of carbonyl (C=O) groups excluding carboxylic acids is 1. The molecule has 0 aromatic heterocycles. The molecule has 0 radical (unpaired) electrons. The lowest BCUT2D eigenvalue weighted by Gasteiger charge is -2.36. The first kappa shape index (κ1) is 16.8. The van der Waals surface area contributed by atoms with E-state index in [1.165, 1.54) is 19.3 Å². The van der Waals surface area contributed by atoms with Gasteiger partial charge in [0.2, 0.25) is 0 Å². The standard InChI is InChI=1S/C17H29NO2/c1-5-10-15(11-6-2)18-16(19)20-17(3,4)14-12-8-7-9-13-14/h5,10-11,14H,6-9,12-13H2,1-4H3,(H,18,19)/b10-5-,15-11+. The normalized spacial score (nSPS) is 18.3. The fraction of sp³-hybridized carbons (Fsp3) is 0.706. The summed E-state index contributed by atoms with van der Waals surface area (Å²) in [6, 6.07) is 0.